The first-order valence-electron chi connectivity index (χ1n) is 3.80. The van der Waals surface area contributed by atoms with E-state index in [0.717, 1.165) is 6.26 Å². The van der Waals surface area contributed by atoms with E-state index < -0.39 is 9.84 Å². The molecule has 0 fully saturated rings. The zero-order valence-electron chi connectivity index (χ0n) is 7.79. The van der Waals surface area contributed by atoms with Crippen molar-refractivity contribution < 1.29 is 13.5 Å². The van der Waals surface area contributed by atoms with E-state index in [2.05, 4.69) is 0 Å². The number of aryl methyl sites for hydroxylation is 1. The maximum absolute atomic E-state index is 11.2. The fraction of sp³-hybridized carbons (Fsp3) is 0.333. The van der Waals surface area contributed by atoms with E-state index in [-0.39, 0.29) is 10.6 Å². The van der Waals surface area contributed by atoms with Crippen molar-refractivity contribution in [1.29, 1.82) is 0 Å². The lowest BCUT2D eigenvalue weighted by Gasteiger charge is -2.05. The molecule has 13 heavy (non-hydrogen) atoms. The van der Waals surface area contributed by atoms with E-state index in [4.69, 9.17) is 0 Å². The molecule has 0 heterocycles. The van der Waals surface area contributed by atoms with Crippen LogP contribution in [0.15, 0.2) is 17.0 Å². The van der Waals surface area contributed by atoms with Gasteiger partial charge in [-0.3, -0.25) is 5.11 Å². The average Bonchev–Trinajstić information content (AvgIpc) is 1.94. The summed E-state index contributed by atoms with van der Waals surface area (Å²) in [4.78, 5) is 0.137. The molecule has 0 saturated heterocycles. The van der Waals surface area contributed by atoms with Gasteiger partial charge in [-0.25, -0.2) is 8.42 Å². The molecular weight excluding hydrogens is 188 g/mol. The van der Waals surface area contributed by atoms with Gasteiger partial charge in [0.15, 0.2) is 15.6 Å². The Morgan fingerprint density at radius 3 is 2.15 bits per heavy atom. The second kappa shape index (κ2) is 3.03. The smallest absolute Gasteiger partial charge is 0.183 e. The quantitative estimate of drug-likeness (QED) is 0.693. The zero-order valence-corrected chi connectivity index (χ0v) is 8.60. The van der Waals surface area contributed by atoms with E-state index in [1.807, 2.05) is 0 Å². The Balaban J connectivity index is 3.56. The predicted octanol–water partition coefficient (Wildman–Crippen LogP) is 1.85. The number of sulfone groups is 1. The lowest BCUT2D eigenvalue weighted by molar-refractivity contribution is 0.350. The van der Waals surface area contributed by atoms with Crippen LogP contribution in [0.25, 0.3) is 0 Å². The van der Waals surface area contributed by atoms with Crippen LogP contribution in [0.2, 0.25) is 0 Å². The number of hydrogen-bond acceptors (Lipinski definition) is 2. The van der Waals surface area contributed by atoms with Crippen molar-refractivity contribution in [2.24, 2.45) is 0 Å². The minimum atomic E-state index is -3.28. The summed E-state index contributed by atoms with van der Waals surface area (Å²) in [5.74, 6) is -0.222. The highest BCUT2D eigenvalue weighted by Crippen LogP contribution is 2.26. The van der Waals surface area contributed by atoms with Gasteiger partial charge >= 0.3 is 0 Å². The van der Waals surface area contributed by atoms with Gasteiger partial charge in [-0.1, -0.05) is 0 Å². The second-order valence-corrected chi connectivity index (χ2v) is 5.14. The van der Waals surface area contributed by atoms with Gasteiger partial charge in [-0.05, 0) is 31.5 Å². The Kier molecular flexibility index (Phi) is 2.34. The highest BCUT2D eigenvalue weighted by molar-refractivity contribution is 7.90. The summed E-state index contributed by atoms with van der Waals surface area (Å²) < 4.78 is 22.4. The Morgan fingerprint density at radius 1 is 1.15 bits per heavy atom. The second-order valence-electron chi connectivity index (χ2n) is 3.16. The maximum Gasteiger partial charge on any atom is 0.183 e. The molecule has 4 heteroatoms. The topological polar surface area (TPSA) is 54.0 Å². The van der Waals surface area contributed by atoms with Crippen LogP contribution >= 0.6 is 0 Å². The Hall–Kier alpha value is -1.03. The molecule has 3 nitrogen and oxygen atoms in total. The van der Waals surface area contributed by atoms with Gasteiger partial charge in [0.2, 0.25) is 0 Å². The molecule has 1 rings (SSSR count). The van der Waals surface area contributed by atoms with Crippen LogP contribution in [-0.4, -0.2) is 14.7 Å². The molecule has 1 radical (unpaired) electrons. The van der Waals surface area contributed by atoms with Crippen molar-refractivity contribution in [2.45, 2.75) is 18.7 Å². The third-order valence-corrected chi connectivity index (χ3v) is 3.08. The number of rotatable bonds is 1. The highest BCUT2D eigenvalue weighted by Gasteiger charge is 2.14. The van der Waals surface area contributed by atoms with Crippen molar-refractivity contribution in [3.63, 3.8) is 0 Å². The molecule has 0 bridgehead atoms. The maximum atomic E-state index is 11.2. The largest absolute Gasteiger partial charge is 0.290 e. The Bertz CT molecular complexity index is 432. The summed E-state index contributed by atoms with van der Waals surface area (Å²) >= 11 is 0. The predicted molar refractivity (Wildman–Crippen MR) is 49.2 cm³/mol. The summed E-state index contributed by atoms with van der Waals surface area (Å²) in [6, 6.07) is 2.95. The molecule has 0 amide bonds. The van der Waals surface area contributed by atoms with Gasteiger partial charge in [0.05, 0.1) is 4.90 Å². The van der Waals surface area contributed by atoms with Crippen LogP contribution in [-0.2, 0) is 14.9 Å². The summed E-state index contributed by atoms with van der Waals surface area (Å²) in [7, 11) is -3.28. The minimum absolute atomic E-state index is 0.137. The van der Waals surface area contributed by atoms with Gasteiger partial charge in [0, 0.05) is 11.8 Å². The first kappa shape index (κ1) is 10.1. The molecule has 0 spiro atoms. The summed E-state index contributed by atoms with van der Waals surface area (Å²) in [6.07, 6.45) is 1.11. The van der Waals surface area contributed by atoms with E-state index >= 15 is 0 Å². The molecule has 1 aromatic rings. The van der Waals surface area contributed by atoms with Crippen LogP contribution < -0.4 is 0 Å². The van der Waals surface area contributed by atoms with Crippen molar-refractivity contribution in [3.05, 3.63) is 23.3 Å². The van der Waals surface area contributed by atoms with Crippen molar-refractivity contribution in [1.82, 2.24) is 0 Å². The van der Waals surface area contributed by atoms with Crippen molar-refractivity contribution in [3.8, 4) is 5.75 Å². The van der Waals surface area contributed by atoms with E-state index in [1.165, 1.54) is 19.1 Å². The normalized spacial score (nSPS) is 11.6. The van der Waals surface area contributed by atoms with Crippen LogP contribution in [0.5, 0.6) is 5.75 Å². The SMILES string of the molecule is Cc1cc([O])c(C)c(S(C)(=O)=O)c1. The van der Waals surface area contributed by atoms with Gasteiger partial charge in [0.1, 0.15) is 0 Å². The highest BCUT2D eigenvalue weighted by atomic mass is 32.2. The fourth-order valence-electron chi connectivity index (χ4n) is 1.18. The zero-order chi connectivity index (χ0) is 10.2. The van der Waals surface area contributed by atoms with Crippen molar-refractivity contribution >= 4 is 9.84 Å². The third kappa shape index (κ3) is 2.01. The van der Waals surface area contributed by atoms with Gasteiger partial charge in [-0.2, -0.15) is 0 Å². The molecule has 71 valence electrons. The standard InChI is InChI=1S/C9H11O3S/c1-6-4-8(10)7(2)9(5-6)13(3,11)12/h4-5H,1-3H3. The summed E-state index contributed by atoms with van der Waals surface area (Å²) in [5.41, 5.74) is 0.976. The molecular formula is C9H11O3S. The fourth-order valence-corrected chi connectivity index (χ4v) is 2.24. The molecule has 0 saturated carbocycles. The lowest BCUT2D eigenvalue weighted by atomic mass is 10.1. The number of hydrogen-bond donors (Lipinski definition) is 0. The van der Waals surface area contributed by atoms with E-state index in [1.54, 1.807) is 6.92 Å². The third-order valence-electron chi connectivity index (χ3n) is 1.86. The average molecular weight is 199 g/mol. The lowest BCUT2D eigenvalue weighted by Crippen LogP contribution is -2.00. The monoisotopic (exact) mass is 199 g/mol. The van der Waals surface area contributed by atoms with Crippen LogP contribution in [0, 0.1) is 13.8 Å². The Labute approximate surface area is 77.9 Å². The van der Waals surface area contributed by atoms with Crippen molar-refractivity contribution in [2.75, 3.05) is 6.26 Å². The molecule has 1 aromatic carbocycles. The van der Waals surface area contributed by atoms with Gasteiger partial charge in [0.25, 0.3) is 0 Å². The molecule has 0 unspecified atom stereocenters. The van der Waals surface area contributed by atoms with Crippen LogP contribution in [0.1, 0.15) is 11.1 Å². The first-order valence-corrected chi connectivity index (χ1v) is 5.70. The first-order chi connectivity index (χ1) is 5.82. The molecule has 0 aliphatic rings. The molecule has 0 aromatic heterocycles. The van der Waals surface area contributed by atoms with Gasteiger partial charge < -0.3 is 0 Å². The van der Waals surface area contributed by atoms with Gasteiger partial charge in [-0.15, -0.1) is 0 Å². The van der Waals surface area contributed by atoms with E-state index in [9.17, 15) is 13.5 Å². The van der Waals surface area contributed by atoms with E-state index in [0.29, 0.717) is 11.1 Å². The molecule has 0 aliphatic carbocycles. The number of benzene rings is 1. The molecule has 0 N–H and O–H groups in total. The minimum Gasteiger partial charge on any atom is -0.290 e. The summed E-state index contributed by atoms with van der Waals surface area (Å²) in [5, 5.41) is 11.2. The molecule has 0 aliphatic heterocycles. The van der Waals surface area contributed by atoms with Crippen LogP contribution in [0.4, 0.5) is 0 Å². The summed E-state index contributed by atoms with van der Waals surface area (Å²) in [6.45, 7) is 3.23. The Morgan fingerprint density at radius 2 is 1.69 bits per heavy atom. The molecule has 0 atom stereocenters. The van der Waals surface area contributed by atoms with Crippen LogP contribution in [0.3, 0.4) is 0 Å².